The zero-order chi connectivity index (χ0) is 19.4. The molecule has 27 heavy (non-hydrogen) atoms. The van der Waals surface area contributed by atoms with Crippen molar-refractivity contribution in [1.82, 2.24) is 4.90 Å². The van der Waals surface area contributed by atoms with Crippen molar-refractivity contribution in [3.05, 3.63) is 58.4 Å². The van der Waals surface area contributed by atoms with Crippen molar-refractivity contribution < 1.29 is 23.8 Å². The summed E-state index contributed by atoms with van der Waals surface area (Å²) in [6.45, 7) is 1.28. The van der Waals surface area contributed by atoms with Gasteiger partial charge in [-0.2, -0.15) is 0 Å². The average Bonchev–Trinajstić information content (AvgIpc) is 3.20. The Labute approximate surface area is 163 Å². The second kappa shape index (κ2) is 8.59. The van der Waals surface area contributed by atoms with E-state index in [-0.39, 0.29) is 6.10 Å². The van der Waals surface area contributed by atoms with E-state index in [4.69, 9.17) is 25.8 Å². The average molecular weight is 392 g/mol. The molecule has 0 aliphatic carbocycles. The maximum Gasteiger partial charge on any atom is 0.336 e. The molecule has 0 amide bonds. The molecule has 2 aliphatic heterocycles. The van der Waals surface area contributed by atoms with Crippen molar-refractivity contribution in [3.63, 3.8) is 0 Å². The van der Waals surface area contributed by atoms with Gasteiger partial charge in [0.05, 0.1) is 37.4 Å². The third-order valence-corrected chi connectivity index (χ3v) is 4.97. The number of carbonyl (C=O) groups excluding carboxylic acids is 2. The van der Waals surface area contributed by atoms with Crippen LogP contribution < -0.4 is 0 Å². The third kappa shape index (κ3) is 4.34. The molecule has 0 spiro atoms. The highest BCUT2D eigenvalue weighted by Crippen LogP contribution is 2.37. The fourth-order valence-electron chi connectivity index (χ4n) is 3.43. The molecular formula is C20H22ClNO5. The summed E-state index contributed by atoms with van der Waals surface area (Å²) in [6.07, 6.45) is 5.45. The van der Waals surface area contributed by atoms with Crippen molar-refractivity contribution in [2.45, 2.75) is 24.9 Å². The molecule has 2 heterocycles. The lowest BCUT2D eigenvalue weighted by atomic mass is 9.83. The second-order valence-corrected chi connectivity index (χ2v) is 6.90. The third-order valence-electron chi connectivity index (χ3n) is 4.72. The summed E-state index contributed by atoms with van der Waals surface area (Å²) in [5.74, 6) is -1.59. The van der Waals surface area contributed by atoms with E-state index in [0.29, 0.717) is 22.7 Å². The maximum atomic E-state index is 12.5. The first-order valence-electron chi connectivity index (χ1n) is 8.76. The first kappa shape index (κ1) is 19.5. The van der Waals surface area contributed by atoms with Crippen LogP contribution in [-0.4, -0.2) is 50.3 Å². The highest BCUT2D eigenvalue weighted by Gasteiger charge is 2.35. The van der Waals surface area contributed by atoms with Crippen LogP contribution in [0.15, 0.2) is 47.8 Å². The number of methoxy groups -OCH3 is 2. The molecular weight excluding hydrogens is 370 g/mol. The van der Waals surface area contributed by atoms with Gasteiger partial charge in [-0.3, -0.25) is 0 Å². The molecule has 0 radical (unpaired) electrons. The topological polar surface area (TPSA) is 65.1 Å². The summed E-state index contributed by atoms with van der Waals surface area (Å²) in [5.41, 5.74) is 1.48. The summed E-state index contributed by atoms with van der Waals surface area (Å²) < 4.78 is 15.6. The SMILES string of the molecule is COC(=O)C1=CN(CC2CCCO2)C=C(C(=O)OC)C1c1ccc(Cl)cc1. The van der Waals surface area contributed by atoms with Gasteiger partial charge in [-0.15, -0.1) is 0 Å². The van der Waals surface area contributed by atoms with Crippen LogP contribution in [0, 0.1) is 0 Å². The summed E-state index contributed by atoms with van der Waals surface area (Å²) in [6, 6.07) is 7.02. The molecule has 1 atom stereocenters. The van der Waals surface area contributed by atoms with Crippen molar-refractivity contribution in [3.8, 4) is 0 Å². The number of hydrogen-bond donors (Lipinski definition) is 0. The Bertz CT molecular complexity index is 731. The van der Waals surface area contributed by atoms with Gasteiger partial charge in [-0.1, -0.05) is 23.7 Å². The molecule has 1 saturated heterocycles. The Morgan fingerprint density at radius 2 is 1.70 bits per heavy atom. The van der Waals surface area contributed by atoms with E-state index in [1.54, 1.807) is 41.6 Å². The van der Waals surface area contributed by atoms with Gasteiger partial charge in [0.2, 0.25) is 0 Å². The van der Waals surface area contributed by atoms with Gasteiger partial charge in [-0.05, 0) is 30.5 Å². The Morgan fingerprint density at radius 1 is 1.11 bits per heavy atom. The zero-order valence-corrected chi connectivity index (χ0v) is 16.1. The Hall–Kier alpha value is -2.31. The fourth-order valence-corrected chi connectivity index (χ4v) is 3.56. The van der Waals surface area contributed by atoms with E-state index in [9.17, 15) is 9.59 Å². The van der Waals surface area contributed by atoms with Crippen molar-refractivity contribution in [2.24, 2.45) is 0 Å². The van der Waals surface area contributed by atoms with E-state index >= 15 is 0 Å². The van der Waals surface area contributed by atoms with Gasteiger partial charge in [0.15, 0.2) is 0 Å². The van der Waals surface area contributed by atoms with Gasteiger partial charge < -0.3 is 19.1 Å². The second-order valence-electron chi connectivity index (χ2n) is 6.47. The first-order valence-corrected chi connectivity index (χ1v) is 9.14. The van der Waals surface area contributed by atoms with Crippen LogP contribution in [0.1, 0.15) is 24.3 Å². The molecule has 0 N–H and O–H groups in total. The predicted octanol–water partition coefficient (Wildman–Crippen LogP) is 3.03. The van der Waals surface area contributed by atoms with Crippen LogP contribution in [0.2, 0.25) is 5.02 Å². The number of ether oxygens (including phenoxy) is 3. The summed E-state index contributed by atoms with van der Waals surface area (Å²) in [5, 5.41) is 0.571. The van der Waals surface area contributed by atoms with Gasteiger partial charge in [0, 0.05) is 30.6 Å². The summed E-state index contributed by atoms with van der Waals surface area (Å²) in [7, 11) is 2.64. The Morgan fingerprint density at radius 3 is 2.19 bits per heavy atom. The molecule has 0 aromatic heterocycles. The number of benzene rings is 1. The van der Waals surface area contributed by atoms with E-state index in [1.807, 2.05) is 0 Å². The lowest BCUT2D eigenvalue weighted by molar-refractivity contribution is -0.137. The van der Waals surface area contributed by atoms with E-state index in [2.05, 4.69) is 0 Å². The first-order chi connectivity index (χ1) is 13.0. The highest BCUT2D eigenvalue weighted by atomic mass is 35.5. The van der Waals surface area contributed by atoms with Crippen LogP contribution in [-0.2, 0) is 23.8 Å². The van der Waals surface area contributed by atoms with Crippen LogP contribution in [0.3, 0.4) is 0 Å². The number of rotatable bonds is 5. The standard InChI is InChI=1S/C20H22ClNO5/c1-25-19(23)16-11-22(10-15-4-3-9-27-15)12-17(20(24)26-2)18(16)13-5-7-14(21)8-6-13/h5-8,11-12,15,18H,3-4,9-10H2,1-2H3. The normalized spacial score (nSPS) is 20.1. The van der Waals surface area contributed by atoms with E-state index in [1.165, 1.54) is 14.2 Å². The molecule has 2 aliphatic rings. The molecule has 1 fully saturated rings. The molecule has 1 aromatic carbocycles. The quantitative estimate of drug-likeness (QED) is 0.719. The van der Waals surface area contributed by atoms with Crippen molar-refractivity contribution in [2.75, 3.05) is 27.4 Å². The molecule has 1 unspecified atom stereocenters. The molecule has 0 bridgehead atoms. The number of nitrogens with zero attached hydrogens (tertiary/aromatic N) is 1. The van der Waals surface area contributed by atoms with Gasteiger partial charge in [0.1, 0.15) is 0 Å². The predicted molar refractivity (Wildman–Crippen MR) is 100 cm³/mol. The lowest BCUT2D eigenvalue weighted by Gasteiger charge is -2.31. The van der Waals surface area contributed by atoms with Gasteiger partial charge in [0.25, 0.3) is 0 Å². The Kier molecular flexibility index (Phi) is 6.19. The largest absolute Gasteiger partial charge is 0.466 e. The fraction of sp³-hybridized carbons (Fsp3) is 0.400. The molecule has 7 heteroatoms. The van der Waals surface area contributed by atoms with E-state index in [0.717, 1.165) is 25.0 Å². The Balaban J connectivity index is 2.01. The molecule has 6 nitrogen and oxygen atoms in total. The van der Waals surface area contributed by atoms with Crippen molar-refractivity contribution >= 4 is 23.5 Å². The monoisotopic (exact) mass is 391 g/mol. The van der Waals surface area contributed by atoms with Crippen LogP contribution in [0.4, 0.5) is 0 Å². The molecule has 144 valence electrons. The lowest BCUT2D eigenvalue weighted by Crippen LogP contribution is -2.32. The van der Waals surface area contributed by atoms with Crippen LogP contribution in [0.25, 0.3) is 0 Å². The summed E-state index contributed by atoms with van der Waals surface area (Å²) in [4.78, 5) is 26.8. The number of halogens is 1. The van der Waals surface area contributed by atoms with Gasteiger partial charge >= 0.3 is 11.9 Å². The smallest absolute Gasteiger partial charge is 0.336 e. The zero-order valence-electron chi connectivity index (χ0n) is 15.3. The van der Waals surface area contributed by atoms with Crippen LogP contribution in [0.5, 0.6) is 0 Å². The minimum atomic E-state index is -0.595. The van der Waals surface area contributed by atoms with Crippen LogP contribution >= 0.6 is 11.6 Å². The molecule has 3 rings (SSSR count). The number of esters is 2. The highest BCUT2D eigenvalue weighted by molar-refractivity contribution is 6.30. The molecule has 1 aromatic rings. The van der Waals surface area contributed by atoms with E-state index < -0.39 is 17.9 Å². The maximum absolute atomic E-state index is 12.5. The van der Waals surface area contributed by atoms with Gasteiger partial charge in [-0.25, -0.2) is 9.59 Å². The minimum Gasteiger partial charge on any atom is -0.466 e. The molecule has 0 saturated carbocycles. The minimum absolute atomic E-state index is 0.0578. The number of carbonyl (C=O) groups is 2. The summed E-state index contributed by atoms with van der Waals surface area (Å²) >= 11 is 5.99. The van der Waals surface area contributed by atoms with Crippen molar-refractivity contribution in [1.29, 1.82) is 0 Å². The number of hydrogen-bond acceptors (Lipinski definition) is 6.